The van der Waals surface area contributed by atoms with Crippen LogP contribution in [0.2, 0.25) is 0 Å². The molecule has 0 bridgehead atoms. The van der Waals surface area contributed by atoms with Gasteiger partial charge in [0.05, 0.1) is 5.69 Å². The van der Waals surface area contributed by atoms with E-state index >= 15 is 0 Å². The van der Waals surface area contributed by atoms with Crippen LogP contribution in [0.15, 0.2) is 59.3 Å². The number of hydrogen-bond donors (Lipinski definition) is 0. The molecule has 5 aromatic rings. The first-order valence-electron chi connectivity index (χ1n) is 13.8. The van der Waals surface area contributed by atoms with Crippen molar-refractivity contribution in [1.82, 2.24) is 9.97 Å². The molecule has 30 heavy (non-hydrogen) atoms. The molecule has 0 N–H and O–H groups in total. The van der Waals surface area contributed by atoms with Gasteiger partial charge < -0.3 is 4.42 Å². The summed E-state index contributed by atoms with van der Waals surface area (Å²) in [5.74, 6) is 0. The summed E-state index contributed by atoms with van der Waals surface area (Å²) in [6.07, 6.45) is 0.603. The molecule has 5 rings (SSSR count). The van der Waals surface area contributed by atoms with Crippen molar-refractivity contribution in [1.29, 1.82) is 0 Å². The summed E-state index contributed by atoms with van der Waals surface area (Å²) in [5, 5.41) is 2.20. The van der Waals surface area contributed by atoms with Gasteiger partial charge in [0, 0.05) is 45.1 Å². The zero-order chi connectivity index (χ0) is 27.8. The molecule has 0 aliphatic carbocycles. The summed E-state index contributed by atoms with van der Waals surface area (Å²) >= 11 is 0. The van der Waals surface area contributed by atoms with Gasteiger partial charge in [-0.1, -0.05) is 39.0 Å². The molecule has 0 amide bonds. The molecule has 3 nitrogen and oxygen atoms in total. The zero-order valence-electron chi connectivity index (χ0n) is 25.0. The maximum Gasteiger partial charge on any atom is 0.161 e. The number of pyridine rings is 2. The smallest absolute Gasteiger partial charge is 0.161 e. The van der Waals surface area contributed by atoms with E-state index in [2.05, 4.69) is 9.97 Å². The second kappa shape index (κ2) is 6.66. The first-order valence-corrected chi connectivity index (χ1v) is 9.76. The van der Waals surface area contributed by atoms with Gasteiger partial charge in [0.2, 0.25) is 0 Å². The van der Waals surface area contributed by atoms with Crippen molar-refractivity contribution in [2.45, 2.75) is 40.8 Å². The number of benzene rings is 2. The molecule has 150 valence electrons. The standard InChI is InChI=1S/C27H26N2O/c1-16-11-18-9-10-21-20-7-6-8-22(25(20)30-26(21)24(18)29-14-16)23-12-19(13-27(3,4)5)17(2)15-28-23/h6-12,14-15H,13H2,1-5H3/i1D3,2D3,13D2. The van der Waals surface area contributed by atoms with E-state index in [9.17, 15) is 0 Å². The zero-order valence-corrected chi connectivity index (χ0v) is 17.0. The fourth-order valence-electron chi connectivity index (χ4n) is 3.76. The number of rotatable bonds is 2. The Bertz CT molecular complexity index is 1710. The topological polar surface area (TPSA) is 38.9 Å². The number of para-hydroxylation sites is 1. The van der Waals surface area contributed by atoms with Gasteiger partial charge in [-0.3, -0.25) is 9.97 Å². The van der Waals surface area contributed by atoms with E-state index in [0.29, 0.717) is 33.3 Å². The quantitative estimate of drug-likeness (QED) is 0.309. The number of aromatic nitrogens is 2. The van der Waals surface area contributed by atoms with Crippen LogP contribution >= 0.6 is 0 Å². The number of hydrogen-bond acceptors (Lipinski definition) is 3. The highest BCUT2D eigenvalue weighted by atomic mass is 16.3. The fraction of sp³-hybridized carbons (Fsp3) is 0.259. The van der Waals surface area contributed by atoms with Gasteiger partial charge in [0.15, 0.2) is 5.58 Å². The van der Waals surface area contributed by atoms with Gasteiger partial charge >= 0.3 is 0 Å². The highest BCUT2D eigenvalue weighted by molar-refractivity contribution is 6.16. The van der Waals surface area contributed by atoms with E-state index in [1.54, 1.807) is 39.0 Å². The fourth-order valence-corrected chi connectivity index (χ4v) is 3.76. The molecule has 0 spiro atoms. The lowest BCUT2D eigenvalue weighted by Gasteiger charge is -2.20. The Morgan fingerprint density at radius 2 is 1.83 bits per heavy atom. The first kappa shape index (κ1) is 11.8. The average molecular weight is 403 g/mol. The number of furan rings is 1. The van der Waals surface area contributed by atoms with Crippen LogP contribution in [-0.4, -0.2) is 9.97 Å². The molecule has 0 fully saturated rings. The third-order valence-corrected chi connectivity index (χ3v) is 5.01. The van der Waals surface area contributed by atoms with Gasteiger partial charge in [-0.25, -0.2) is 0 Å². The molecule has 3 heterocycles. The monoisotopic (exact) mass is 402 g/mol. The minimum atomic E-state index is -2.54. The number of aryl methyl sites for hydroxylation is 2. The number of nitrogens with zero attached hydrogens (tertiary/aromatic N) is 2. The van der Waals surface area contributed by atoms with Crippen molar-refractivity contribution in [3.63, 3.8) is 0 Å². The van der Waals surface area contributed by atoms with Crippen LogP contribution in [0.25, 0.3) is 44.1 Å². The lowest BCUT2D eigenvalue weighted by Crippen LogP contribution is -2.10. The summed E-state index contributed by atoms with van der Waals surface area (Å²) in [7, 11) is 0. The Hall–Kier alpha value is -3.20. The van der Waals surface area contributed by atoms with Gasteiger partial charge in [-0.05, 0) is 66.4 Å². The molecular weight excluding hydrogens is 368 g/mol. The minimum absolute atomic E-state index is 0.0624. The predicted molar refractivity (Wildman–Crippen MR) is 125 cm³/mol. The van der Waals surface area contributed by atoms with Gasteiger partial charge in [0.25, 0.3) is 0 Å². The summed E-state index contributed by atoms with van der Waals surface area (Å²) in [5.41, 5.74) is 1.66. The molecule has 0 aliphatic rings. The van der Waals surface area contributed by atoms with Crippen LogP contribution in [0.1, 0.15) is 48.4 Å². The van der Waals surface area contributed by atoms with Gasteiger partial charge in [0.1, 0.15) is 11.1 Å². The maximum absolute atomic E-state index is 8.82. The second-order valence-corrected chi connectivity index (χ2v) is 8.51. The molecule has 0 saturated heterocycles. The summed E-state index contributed by atoms with van der Waals surface area (Å²) in [6, 6.07) is 12.3. The first-order chi connectivity index (χ1) is 17.5. The van der Waals surface area contributed by atoms with Crippen LogP contribution in [-0.2, 0) is 6.37 Å². The predicted octanol–water partition coefficient (Wildman–Crippen LogP) is 7.40. The van der Waals surface area contributed by atoms with E-state index in [-0.39, 0.29) is 16.7 Å². The van der Waals surface area contributed by atoms with Crippen LogP contribution in [0.4, 0.5) is 0 Å². The summed E-state index contributed by atoms with van der Waals surface area (Å²) in [6.45, 7) is 0.368. The molecule has 0 aliphatic heterocycles. The van der Waals surface area contributed by atoms with Crippen molar-refractivity contribution < 1.29 is 15.4 Å². The Balaban J connectivity index is 1.77. The molecule has 3 heteroatoms. The van der Waals surface area contributed by atoms with Crippen LogP contribution < -0.4 is 0 Å². The van der Waals surface area contributed by atoms with Gasteiger partial charge in [-0.2, -0.15) is 0 Å². The molecular formula is C27H26N2O. The van der Waals surface area contributed by atoms with Crippen LogP contribution in [0.5, 0.6) is 0 Å². The average Bonchev–Trinajstić information content (AvgIpc) is 3.20. The molecule has 0 unspecified atom stereocenters. The molecule has 3 aromatic heterocycles. The minimum Gasteiger partial charge on any atom is -0.453 e. The van der Waals surface area contributed by atoms with E-state index in [4.69, 9.17) is 15.4 Å². The van der Waals surface area contributed by atoms with Crippen LogP contribution in [0, 0.1) is 19.1 Å². The van der Waals surface area contributed by atoms with E-state index in [1.165, 1.54) is 18.5 Å². The molecule has 2 aromatic carbocycles. The van der Waals surface area contributed by atoms with E-state index < -0.39 is 25.5 Å². The highest BCUT2D eigenvalue weighted by Gasteiger charge is 2.18. The largest absolute Gasteiger partial charge is 0.453 e. The Morgan fingerprint density at radius 1 is 0.967 bits per heavy atom. The highest BCUT2D eigenvalue weighted by Crippen LogP contribution is 2.38. The van der Waals surface area contributed by atoms with Crippen molar-refractivity contribution >= 4 is 32.8 Å². The van der Waals surface area contributed by atoms with Crippen molar-refractivity contribution in [2.24, 2.45) is 5.41 Å². The molecule has 0 saturated carbocycles. The van der Waals surface area contributed by atoms with Gasteiger partial charge in [-0.15, -0.1) is 0 Å². The normalized spacial score (nSPS) is 17.6. The SMILES string of the molecule is [2H]C([2H])([2H])c1cnc2c(ccc3c4cccc(-c5cc(C([2H])([2H])C(C)(C)C)c(C([2H])([2H])[2H])cn5)c4oc32)c1. The lowest BCUT2D eigenvalue weighted by atomic mass is 9.86. The third kappa shape index (κ3) is 3.15. The van der Waals surface area contributed by atoms with Crippen molar-refractivity contribution in [3.05, 3.63) is 71.5 Å². The Labute approximate surface area is 188 Å². The van der Waals surface area contributed by atoms with Crippen LogP contribution in [0.3, 0.4) is 0 Å². The maximum atomic E-state index is 8.82. The van der Waals surface area contributed by atoms with E-state index in [0.717, 1.165) is 10.8 Å². The Morgan fingerprint density at radius 3 is 2.63 bits per heavy atom. The lowest BCUT2D eigenvalue weighted by molar-refractivity contribution is 0.410. The summed E-state index contributed by atoms with van der Waals surface area (Å²) < 4.78 is 70.9. The van der Waals surface area contributed by atoms with E-state index in [1.807, 2.05) is 18.2 Å². The second-order valence-electron chi connectivity index (χ2n) is 8.51. The number of fused-ring (bicyclic) bond motifs is 5. The summed E-state index contributed by atoms with van der Waals surface area (Å²) in [4.78, 5) is 8.83. The third-order valence-electron chi connectivity index (χ3n) is 5.01. The Kier molecular flexibility index (Phi) is 2.63. The van der Waals surface area contributed by atoms with Crippen molar-refractivity contribution in [3.8, 4) is 11.3 Å². The molecule has 0 atom stereocenters. The molecule has 0 radical (unpaired) electrons. The van der Waals surface area contributed by atoms with Crippen molar-refractivity contribution in [2.75, 3.05) is 0 Å².